The normalized spacial score (nSPS) is 24.0. The number of H-pyrrole nitrogens is 1. The van der Waals surface area contributed by atoms with Crippen molar-refractivity contribution < 1.29 is 4.79 Å². The van der Waals surface area contributed by atoms with Gasteiger partial charge in [-0.15, -0.1) is 0 Å². The minimum absolute atomic E-state index is 0.0621. The third-order valence-corrected chi connectivity index (χ3v) is 5.39. The number of nitrogens with one attached hydrogen (secondary N) is 2. The Labute approximate surface area is 141 Å². The topological polar surface area (TPSA) is 86.8 Å². The minimum atomic E-state index is 0.0621. The van der Waals surface area contributed by atoms with Crippen molar-refractivity contribution >= 4 is 22.9 Å². The van der Waals surface area contributed by atoms with Crippen LogP contribution >= 0.6 is 0 Å². The molecule has 2 aliphatic rings. The van der Waals surface area contributed by atoms with Crippen LogP contribution in [-0.2, 0) is 4.79 Å². The van der Waals surface area contributed by atoms with E-state index in [-0.39, 0.29) is 5.91 Å². The highest BCUT2D eigenvalue weighted by atomic mass is 16.2. The van der Waals surface area contributed by atoms with Gasteiger partial charge in [-0.2, -0.15) is 0 Å². The van der Waals surface area contributed by atoms with Crippen LogP contribution in [0.5, 0.6) is 0 Å². The predicted molar refractivity (Wildman–Crippen MR) is 91.6 cm³/mol. The molecule has 0 bridgehead atoms. The van der Waals surface area contributed by atoms with Crippen LogP contribution in [0, 0.1) is 11.8 Å². The molecule has 7 nitrogen and oxygen atoms in total. The van der Waals surface area contributed by atoms with E-state index in [0.29, 0.717) is 30.0 Å². The SMILES string of the molecule is CN(CC(=O)NC1CC1C1CCCCC1)c1ncnc2nc[nH]c12. The Balaban J connectivity index is 1.32. The van der Waals surface area contributed by atoms with Crippen LogP contribution in [0.2, 0.25) is 0 Å². The summed E-state index contributed by atoms with van der Waals surface area (Å²) in [5.41, 5.74) is 1.38. The van der Waals surface area contributed by atoms with Gasteiger partial charge in [0.2, 0.25) is 5.91 Å². The molecule has 2 unspecified atom stereocenters. The molecular formula is C17H24N6O. The maximum absolute atomic E-state index is 12.4. The standard InChI is InChI=1S/C17H24N6O/c1-23(17-15-16(19-9-18-15)20-10-21-17)8-14(24)22-13-7-12(13)11-5-3-2-4-6-11/h9-13H,2-8H2,1H3,(H,22,24)(H,18,19,20,21). The monoisotopic (exact) mass is 328 g/mol. The molecule has 2 aromatic heterocycles. The van der Waals surface area contributed by atoms with Crippen molar-refractivity contribution in [1.29, 1.82) is 0 Å². The van der Waals surface area contributed by atoms with Crippen molar-refractivity contribution in [2.45, 2.75) is 44.6 Å². The number of fused-ring (bicyclic) bond motifs is 1. The first-order valence-electron chi connectivity index (χ1n) is 8.87. The summed E-state index contributed by atoms with van der Waals surface area (Å²) < 4.78 is 0. The number of hydrogen-bond donors (Lipinski definition) is 2. The fraction of sp³-hybridized carbons (Fsp3) is 0.647. The smallest absolute Gasteiger partial charge is 0.239 e. The fourth-order valence-corrected chi connectivity index (χ4v) is 4.05. The number of nitrogens with zero attached hydrogens (tertiary/aromatic N) is 4. The van der Waals surface area contributed by atoms with Crippen LogP contribution in [0.3, 0.4) is 0 Å². The molecule has 2 N–H and O–H groups in total. The fourth-order valence-electron chi connectivity index (χ4n) is 4.05. The molecule has 0 radical (unpaired) electrons. The van der Waals surface area contributed by atoms with Gasteiger partial charge < -0.3 is 15.2 Å². The maximum atomic E-state index is 12.4. The summed E-state index contributed by atoms with van der Waals surface area (Å²) in [6.45, 7) is 0.291. The maximum Gasteiger partial charge on any atom is 0.239 e. The molecule has 4 rings (SSSR count). The second kappa shape index (κ2) is 6.37. The summed E-state index contributed by atoms with van der Waals surface area (Å²) in [5.74, 6) is 2.30. The zero-order valence-corrected chi connectivity index (χ0v) is 14.0. The van der Waals surface area contributed by atoms with E-state index in [0.717, 1.165) is 17.9 Å². The van der Waals surface area contributed by atoms with E-state index < -0.39 is 0 Å². The molecule has 2 aromatic rings. The van der Waals surface area contributed by atoms with Crippen molar-refractivity contribution in [2.75, 3.05) is 18.5 Å². The Morgan fingerprint density at radius 1 is 1.29 bits per heavy atom. The zero-order chi connectivity index (χ0) is 16.5. The third-order valence-electron chi connectivity index (χ3n) is 5.39. The van der Waals surface area contributed by atoms with Gasteiger partial charge in [0.15, 0.2) is 11.5 Å². The Morgan fingerprint density at radius 2 is 2.12 bits per heavy atom. The molecule has 0 spiro atoms. The number of amides is 1. The second-order valence-electron chi connectivity index (χ2n) is 7.13. The molecule has 1 amide bonds. The predicted octanol–water partition coefficient (Wildman–Crippen LogP) is 1.87. The first-order chi connectivity index (χ1) is 11.7. The Kier molecular flexibility index (Phi) is 4.08. The Bertz CT molecular complexity index is 723. The molecule has 2 fully saturated rings. The molecule has 0 aromatic carbocycles. The van der Waals surface area contributed by atoms with E-state index in [9.17, 15) is 4.79 Å². The van der Waals surface area contributed by atoms with Gasteiger partial charge in [0, 0.05) is 13.1 Å². The van der Waals surface area contributed by atoms with Gasteiger partial charge in [0.1, 0.15) is 11.8 Å². The van der Waals surface area contributed by atoms with Crippen LogP contribution in [0.4, 0.5) is 5.82 Å². The number of anilines is 1. The van der Waals surface area contributed by atoms with Gasteiger partial charge in [-0.1, -0.05) is 32.1 Å². The highest BCUT2D eigenvalue weighted by molar-refractivity contribution is 5.87. The molecule has 2 saturated carbocycles. The van der Waals surface area contributed by atoms with E-state index in [4.69, 9.17) is 0 Å². The van der Waals surface area contributed by atoms with Crippen LogP contribution in [0.1, 0.15) is 38.5 Å². The lowest BCUT2D eigenvalue weighted by molar-refractivity contribution is -0.120. The van der Waals surface area contributed by atoms with Crippen molar-refractivity contribution in [3.05, 3.63) is 12.7 Å². The van der Waals surface area contributed by atoms with Gasteiger partial charge in [-0.25, -0.2) is 15.0 Å². The van der Waals surface area contributed by atoms with Crippen LogP contribution < -0.4 is 10.2 Å². The van der Waals surface area contributed by atoms with Crippen LogP contribution in [0.15, 0.2) is 12.7 Å². The molecule has 0 saturated heterocycles. The molecular weight excluding hydrogens is 304 g/mol. The Hall–Kier alpha value is -2.18. The summed E-state index contributed by atoms with van der Waals surface area (Å²) in [4.78, 5) is 29.7. The number of aromatic amines is 1. The number of rotatable bonds is 5. The van der Waals surface area contributed by atoms with Gasteiger partial charge >= 0.3 is 0 Å². The summed E-state index contributed by atoms with van der Waals surface area (Å²) >= 11 is 0. The van der Waals surface area contributed by atoms with E-state index in [1.807, 2.05) is 11.9 Å². The van der Waals surface area contributed by atoms with E-state index in [1.54, 1.807) is 6.33 Å². The summed E-state index contributed by atoms with van der Waals surface area (Å²) in [6.07, 6.45) is 11.0. The number of imidazole rings is 1. The molecule has 128 valence electrons. The quantitative estimate of drug-likeness (QED) is 0.875. The number of carbonyl (C=O) groups is 1. The van der Waals surface area contributed by atoms with Crippen molar-refractivity contribution in [3.63, 3.8) is 0 Å². The van der Waals surface area contributed by atoms with E-state index >= 15 is 0 Å². The average Bonchev–Trinajstić information content (AvgIpc) is 3.18. The van der Waals surface area contributed by atoms with Gasteiger partial charge in [-0.05, 0) is 18.3 Å². The highest BCUT2D eigenvalue weighted by Gasteiger charge is 2.43. The molecule has 7 heteroatoms. The second-order valence-corrected chi connectivity index (χ2v) is 7.13. The van der Waals surface area contributed by atoms with Gasteiger partial charge in [-0.3, -0.25) is 4.79 Å². The lowest BCUT2D eigenvalue weighted by Gasteiger charge is -2.22. The number of aromatic nitrogens is 4. The van der Waals surface area contributed by atoms with E-state index in [2.05, 4.69) is 25.3 Å². The highest BCUT2D eigenvalue weighted by Crippen LogP contribution is 2.44. The van der Waals surface area contributed by atoms with Gasteiger partial charge in [0.25, 0.3) is 0 Å². The first kappa shape index (κ1) is 15.4. The summed E-state index contributed by atoms with van der Waals surface area (Å²) in [6, 6.07) is 0.381. The lowest BCUT2D eigenvalue weighted by Crippen LogP contribution is -2.37. The number of hydrogen-bond acceptors (Lipinski definition) is 5. The van der Waals surface area contributed by atoms with Crippen molar-refractivity contribution in [2.24, 2.45) is 11.8 Å². The average molecular weight is 328 g/mol. The molecule has 2 aliphatic carbocycles. The van der Waals surface area contributed by atoms with Crippen LogP contribution in [-0.4, -0.2) is 45.5 Å². The number of carbonyl (C=O) groups excluding carboxylic acids is 1. The Morgan fingerprint density at radius 3 is 2.96 bits per heavy atom. The molecule has 2 atom stereocenters. The van der Waals surface area contributed by atoms with Crippen molar-refractivity contribution in [1.82, 2.24) is 25.3 Å². The van der Waals surface area contributed by atoms with E-state index in [1.165, 1.54) is 38.4 Å². The minimum Gasteiger partial charge on any atom is -0.352 e. The first-order valence-corrected chi connectivity index (χ1v) is 8.87. The largest absolute Gasteiger partial charge is 0.352 e. The molecule has 0 aliphatic heterocycles. The van der Waals surface area contributed by atoms with Crippen molar-refractivity contribution in [3.8, 4) is 0 Å². The van der Waals surface area contributed by atoms with Gasteiger partial charge in [0.05, 0.1) is 12.9 Å². The van der Waals surface area contributed by atoms with Crippen LogP contribution in [0.25, 0.3) is 11.2 Å². The lowest BCUT2D eigenvalue weighted by atomic mass is 9.85. The number of likely N-dealkylation sites (N-methyl/N-ethyl adjacent to an activating group) is 1. The molecule has 2 heterocycles. The zero-order valence-electron chi connectivity index (χ0n) is 14.0. The summed E-state index contributed by atoms with van der Waals surface area (Å²) in [7, 11) is 1.87. The molecule has 24 heavy (non-hydrogen) atoms. The third kappa shape index (κ3) is 3.07. The summed E-state index contributed by atoms with van der Waals surface area (Å²) in [5, 5.41) is 3.19.